The van der Waals surface area contributed by atoms with E-state index in [1.807, 2.05) is 0 Å². The van der Waals surface area contributed by atoms with Crippen LogP contribution in [-0.4, -0.2) is 25.3 Å². The topological polar surface area (TPSA) is 30.9 Å². The molecule has 0 amide bonds. The van der Waals surface area contributed by atoms with Crippen LogP contribution < -0.4 is 14.2 Å². The van der Waals surface area contributed by atoms with Crippen LogP contribution in [0, 0.1) is 6.92 Å². The highest BCUT2D eigenvalue weighted by atomic mass is 16.7. The fraction of sp³-hybridized carbons (Fsp3) is 0.400. The van der Waals surface area contributed by atoms with Gasteiger partial charge in [-0.3, -0.25) is 4.90 Å². The van der Waals surface area contributed by atoms with E-state index >= 15 is 0 Å². The number of fused-ring (bicyclic) bond motifs is 5. The van der Waals surface area contributed by atoms with Crippen molar-refractivity contribution in [1.29, 1.82) is 0 Å². The van der Waals surface area contributed by atoms with Crippen LogP contribution in [0.4, 0.5) is 0 Å². The Morgan fingerprint density at radius 1 is 1.12 bits per heavy atom. The molecule has 0 radical (unpaired) electrons. The number of hydrogen-bond donors (Lipinski definition) is 0. The van der Waals surface area contributed by atoms with Crippen molar-refractivity contribution in [3.8, 4) is 17.2 Å². The molecule has 5 rings (SSSR count). The van der Waals surface area contributed by atoms with Gasteiger partial charge in [0.05, 0.1) is 7.11 Å². The van der Waals surface area contributed by atoms with Gasteiger partial charge in [-0.1, -0.05) is 6.07 Å². The smallest absolute Gasteiger partial charge is 0.231 e. The predicted octanol–water partition coefficient (Wildman–Crippen LogP) is 3.39. The largest absolute Gasteiger partial charge is 0.496 e. The van der Waals surface area contributed by atoms with Gasteiger partial charge < -0.3 is 14.2 Å². The van der Waals surface area contributed by atoms with Gasteiger partial charge in [-0.2, -0.15) is 0 Å². The van der Waals surface area contributed by atoms with E-state index in [1.54, 1.807) is 7.11 Å². The minimum atomic E-state index is 0.342. The molecule has 1 unspecified atom stereocenters. The summed E-state index contributed by atoms with van der Waals surface area (Å²) in [6.45, 7) is 4.60. The third kappa shape index (κ3) is 1.96. The summed E-state index contributed by atoms with van der Waals surface area (Å²) in [4.78, 5) is 2.60. The summed E-state index contributed by atoms with van der Waals surface area (Å²) in [5.74, 6) is 2.79. The molecule has 3 aliphatic rings. The predicted molar refractivity (Wildman–Crippen MR) is 90.9 cm³/mol. The summed E-state index contributed by atoms with van der Waals surface area (Å²) in [5.41, 5.74) is 6.98. The zero-order valence-electron chi connectivity index (χ0n) is 14.1. The molecule has 0 bridgehead atoms. The van der Waals surface area contributed by atoms with Crippen molar-refractivity contribution in [3.63, 3.8) is 0 Å². The van der Waals surface area contributed by atoms with E-state index in [0.29, 0.717) is 12.8 Å². The van der Waals surface area contributed by atoms with Crippen LogP contribution in [0.3, 0.4) is 0 Å². The van der Waals surface area contributed by atoms with Crippen LogP contribution in [0.1, 0.15) is 33.9 Å². The molecule has 0 aliphatic carbocycles. The zero-order valence-corrected chi connectivity index (χ0v) is 14.1. The normalized spacial score (nSPS) is 21.0. The molecule has 0 saturated heterocycles. The van der Waals surface area contributed by atoms with Crippen molar-refractivity contribution < 1.29 is 14.2 Å². The van der Waals surface area contributed by atoms with Gasteiger partial charge in [-0.05, 0) is 65.8 Å². The Balaban J connectivity index is 1.57. The average Bonchev–Trinajstić information content (AvgIpc) is 3.06. The second-order valence-corrected chi connectivity index (χ2v) is 6.88. The molecule has 3 heterocycles. The van der Waals surface area contributed by atoms with E-state index in [9.17, 15) is 0 Å². The van der Waals surface area contributed by atoms with E-state index in [1.165, 1.54) is 27.8 Å². The van der Waals surface area contributed by atoms with Crippen molar-refractivity contribution >= 4 is 0 Å². The molecule has 2 aromatic rings. The van der Waals surface area contributed by atoms with Crippen LogP contribution in [-0.2, 0) is 19.4 Å². The van der Waals surface area contributed by atoms with E-state index in [-0.39, 0.29) is 0 Å². The third-order valence-corrected chi connectivity index (χ3v) is 5.74. The first kappa shape index (κ1) is 14.2. The first-order valence-electron chi connectivity index (χ1n) is 8.56. The van der Waals surface area contributed by atoms with Crippen LogP contribution in [0.5, 0.6) is 17.2 Å². The Labute approximate surface area is 141 Å². The van der Waals surface area contributed by atoms with Gasteiger partial charge in [0.25, 0.3) is 0 Å². The monoisotopic (exact) mass is 323 g/mol. The molecule has 24 heavy (non-hydrogen) atoms. The van der Waals surface area contributed by atoms with Gasteiger partial charge >= 0.3 is 0 Å². The summed E-state index contributed by atoms with van der Waals surface area (Å²) < 4.78 is 16.7. The average molecular weight is 323 g/mol. The van der Waals surface area contributed by atoms with Crippen LogP contribution in [0.25, 0.3) is 0 Å². The number of methoxy groups -OCH3 is 1. The number of hydrogen-bond acceptors (Lipinski definition) is 4. The van der Waals surface area contributed by atoms with Gasteiger partial charge in [0.2, 0.25) is 6.79 Å². The van der Waals surface area contributed by atoms with Crippen molar-refractivity contribution in [3.05, 3.63) is 52.1 Å². The maximum absolute atomic E-state index is 5.61. The summed E-state index contributed by atoms with van der Waals surface area (Å²) in [7, 11) is 1.75. The van der Waals surface area contributed by atoms with Gasteiger partial charge in [0.15, 0.2) is 11.5 Å². The highest BCUT2D eigenvalue weighted by molar-refractivity contribution is 5.52. The molecule has 124 valence electrons. The first-order chi connectivity index (χ1) is 11.7. The van der Waals surface area contributed by atoms with Crippen molar-refractivity contribution in [2.45, 2.75) is 32.4 Å². The van der Waals surface area contributed by atoms with E-state index < -0.39 is 0 Å². The van der Waals surface area contributed by atoms with Gasteiger partial charge in [-0.15, -0.1) is 0 Å². The number of ether oxygens (including phenoxy) is 3. The van der Waals surface area contributed by atoms with E-state index in [0.717, 1.165) is 43.2 Å². The minimum Gasteiger partial charge on any atom is -0.496 e. The number of rotatable bonds is 1. The Kier molecular flexibility index (Phi) is 3.04. The Hall–Kier alpha value is -2.20. The highest BCUT2D eigenvalue weighted by Crippen LogP contribution is 2.44. The fourth-order valence-corrected chi connectivity index (χ4v) is 4.41. The lowest BCUT2D eigenvalue weighted by Crippen LogP contribution is -2.39. The molecular weight excluding hydrogens is 302 g/mol. The van der Waals surface area contributed by atoms with Gasteiger partial charge in [0, 0.05) is 19.1 Å². The molecule has 1 atom stereocenters. The molecular formula is C20H21NO3. The minimum absolute atomic E-state index is 0.342. The van der Waals surface area contributed by atoms with Crippen LogP contribution in [0.15, 0.2) is 24.3 Å². The lowest BCUT2D eigenvalue weighted by molar-refractivity contribution is 0.160. The van der Waals surface area contributed by atoms with Crippen molar-refractivity contribution in [2.75, 3.05) is 20.4 Å². The molecule has 2 aromatic carbocycles. The molecule has 3 aliphatic heterocycles. The molecule has 0 fully saturated rings. The van der Waals surface area contributed by atoms with Crippen molar-refractivity contribution in [2.24, 2.45) is 0 Å². The van der Waals surface area contributed by atoms with Gasteiger partial charge in [-0.25, -0.2) is 0 Å². The second-order valence-electron chi connectivity index (χ2n) is 6.88. The summed E-state index contributed by atoms with van der Waals surface area (Å²) >= 11 is 0. The van der Waals surface area contributed by atoms with E-state index in [2.05, 4.69) is 36.1 Å². The van der Waals surface area contributed by atoms with Crippen LogP contribution >= 0.6 is 0 Å². The third-order valence-electron chi connectivity index (χ3n) is 5.74. The number of nitrogens with zero attached hydrogens (tertiary/aromatic N) is 1. The van der Waals surface area contributed by atoms with Crippen LogP contribution in [0.2, 0.25) is 0 Å². The zero-order chi connectivity index (χ0) is 16.3. The molecule has 0 saturated carbocycles. The summed E-state index contributed by atoms with van der Waals surface area (Å²) in [5, 5.41) is 0. The number of benzene rings is 2. The standard InChI is InChI=1S/C20H21NO3/c1-12-16-10-21-6-5-14-8-19-20(24-11-23-19)9-15(14)17(21)7-13(16)3-4-18(12)22-2/h3-4,8-9,17H,5-7,10-11H2,1-2H3. The SMILES string of the molecule is COc1ccc2c(c1C)CN1CCc3cc4c(cc3C1C2)OCO4. The molecule has 4 nitrogen and oxygen atoms in total. The molecule has 4 heteroatoms. The highest BCUT2D eigenvalue weighted by Gasteiger charge is 2.34. The fourth-order valence-electron chi connectivity index (χ4n) is 4.41. The summed E-state index contributed by atoms with van der Waals surface area (Å²) in [6.07, 6.45) is 2.12. The summed E-state index contributed by atoms with van der Waals surface area (Å²) in [6, 6.07) is 9.16. The molecule has 0 spiro atoms. The second kappa shape index (κ2) is 5.15. The maximum Gasteiger partial charge on any atom is 0.231 e. The first-order valence-corrected chi connectivity index (χ1v) is 8.56. The lowest BCUT2D eigenvalue weighted by atomic mass is 9.82. The lowest BCUT2D eigenvalue weighted by Gasteiger charge is -2.42. The molecule has 0 N–H and O–H groups in total. The molecule has 0 aromatic heterocycles. The Bertz CT molecular complexity index is 830. The quantitative estimate of drug-likeness (QED) is 0.805. The van der Waals surface area contributed by atoms with Crippen molar-refractivity contribution in [1.82, 2.24) is 4.90 Å². The van der Waals surface area contributed by atoms with Gasteiger partial charge in [0.1, 0.15) is 5.75 Å². The Morgan fingerprint density at radius 2 is 1.96 bits per heavy atom. The van der Waals surface area contributed by atoms with E-state index in [4.69, 9.17) is 14.2 Å². The Morgan fingerprint density at radius 3 is 2.79 bits per heavy atom. The maximum atomic E-state index is 5.61.